The van der Waals surface area contributed by atoms with Crippen LogP contribution in [0.5, 0.6) is 0 Å². The molecule has 0 aliphatic carbocycles. The smallest absolute Gasteiger partial charge is 0.338 e. The van der Waals surface area contributed by atoms with E-state index in [1.807, 2.05) is 6.92 Å². The second-order valence-corrected chi connectivity index (χ2v) is 5.53. The fraction of sp³-hybridized carbons (Fsp3) is 0.263. The van der Waals surface area contributed by atoms with E-state index in [4.69, 9.17) is 9.47 Å². The molecule has 0 heterocycles. The van der Waals surface area contributed by atoms with Gasteiger partial charge >= 0.3 is 11.9 Å². The van der Waals surface area contributed by atoms with E-state index in [1.165, 1.54) is 24.3 Å². The Hall–Kier alpha value is -3.22. The first-order chi connectivity index (χ1) is 12.5. The first-order valence-corrected chi connectivity index (χ1v) is 8.19. The third kappa shape index (κ3) is 5.14. The zero-order valence-electron chi connectivity index (χ0n) is 14.3. The van der Waals surface area contributed by atoms with Gasteiger partial charge in [0.1, 0.15) is 6.61 Å². The predicted octanol–water partition coefficient (Wildman–Crippen LogP) is 3.91. The van der Waals surface area contributed by atoms with Crippen molar-refractivity contribution in [3.8, 4) is 0 Å². The van der Waals surface area contributed by atoms with Crippen molar-refractivity contribution in [2.75, 3.05) is 6.61 Å². The molecular formula is C19H19NO6. The lowest BCUT2D eigenvalue weighted by molar-refractivity contribution is -0.384. The second kappa shape index (κ2) is 9.31. The van der Waals surface area contributed by atoms with E-state index in [9.17, 15) is 19.7 Å². The predicted molar refractivity (Wildman–Crippen MR) is 93.8 cm³/mol. The van der Waals surface area contributed by atoms with Crippen molar-refractivity contribution in [1.29, 1.82) is 0 Å². The molecule has 0 fully saturated rings. The summed E-state index contributed by atoms with van der Waals surface area (Å²) in [7, 11) is 0. The van der Waals surface area contributed by atoms with Crippen LogP contribution in [0.2, 0.25) is 0 Å². The number of esters is 2. The molecule has 0 spiro atoms. The standard InChI is InChI=1S/C19H19NO6/c1-2-3-12-25-19(22)17-7-5-4-6-15(17)13-26-18(21)14-8-10-16(11-9-14)20(23)24/h4-11H,2-3,12-13H2,1H3. The SMILES string of the molecule is CCCCOC(=O)c1ccccc1COC(=O)c1ccc([N+](=O)[O-])cc1. The van der Waals surface area contributed by atoms with Crippen LogP contribution in [0.4, 0.5) is 5.69 Å². The number of hydrogen-bond donors (Lipinski definition) is 0. The number of carbonyl (C=O) groups is 2. The number of hydrogen-bond acceptors (Lipinski definition) is 6. The number of nitro groups is 1. The zero-order chi connectivity index (χ0) is 18.9. The number of carbonyl (C=O) groups excluding carboxylic acids is 2. The Morgan fingerprint density at radius 2 is 1.69 bits per heavy atom. The van der Waals surface area contributed by atoms with Crippen LogP contribution in [-0.2, 0) is 16.1 Å². The molecule has 0 saturated carbocycles. The van der Waals surface area contributed by atoms with Crippen LogP contribution in [0.1, 0.15) is 46.0 Å². The van der Waals surface area contributed by atoms with E-state index < -0.39 is 16.9 Å². The van der Waals surface area contributed by atoms with Crippen LogP contribution in [0.15, 0.2) is 48.5 Å². The molecule has 2 aromatic rings. The largest absolute Gasteiger partial charge is 0.462 e. The maximum Gasteiger partial charge on any atom is 0.338 e. The number of benzene rings is 2. The number of rotatable bonds is 8. The van der Waals surface area contributed by atoms with E-state index >= 15 is 0 Å². The fourth-order valence-electron chi connectivity index (χ4n) is 2.18. The average Bonchev–Trinajstić information content (AvgIpc) is 2.66. The van der Waals surface area contributed by atoms with Crippen LogP contribution in [0.3, 0.4) is 0 Å². The Kier molecular flexibility index (Phi) is 6.84. The van der Waals surface area contributed by atoms with Gasteiger partial charge in [-0.2, -0.15) is 0 Å². The number of ether oxygens (including phenoxy) is 2. The highest BCUT2D eigenvalue weighted by Crippen LogP contribution is 2.15. The summed E-state index contributed by atoms with van der Waals surface area (Å²) in [6.07, 6.45) is 1.70. The molecule has 0 aliphatic heterocycles. The van der Waals surface area contributed by atoms with Crippen molar-refractivity contribution in [2.24, 2.45) is 0 Å². The van der Waals surface area contributed by atoms with Crippen molar-refractivity contribution < 1.29 is 24.0 Å². The summed E-state index contributed by atoms with van der Waals surface area (Å²) in [4.78, 5) is 34.3. The summed E-state index contributed by atoms with van der Waals surface area (Å²) in [6, 6.07) is 11.8. The average molecular weight is 357 g/mol. The first kappa shape index (κ1) is 19.1. The minimum Gasteiger partial charge on any atom is -0.462 e. The van der Waals surface area contributed by atoms with Gasteiger partial charge in [0.15, 0.2) is 0 Å². The van der Waals surface area contributed by atoms with Gasteiger partial charge in [0.2, 0.25) is 0 Å². The lowest BCUT2D eigenvalue weighted by Crippen LogP contribution is -2.12. The molecule has 0 radical (unpaired) electrons. The van der Waals surface area contributed by atoms with Crippen molar-refractivity contribution in [1.82, 2.24) is 0 Å². The molecule has 0 bridgehead atoms. The van der Waals surface area contributed by atoms with Crippen LogP contribution >= 0.6 is 0 Å². The normalized spacial score (nSPS) is 10.2. The minimum atomic E-state index is -0.631. The van der Waals surface area contributed by atoms with Gasteiger partial charge < -0.3 is 9.47 Å². The Balaban J connectivity index is 2.01. The Bertz CT molecular complexity index is 785. The second-order valence-electron chi connectivity index (χ2n) is 5.53. The van der Waals surface area contributed by atoms with Crippen molar-refractivity contribution >= 4 is 17.6 Å². The van der Waals surface area contributed by atoms with E-state index in [2.05, 4.69) is 0 Å². The summed E-state index contributed by atoms with van der Waals surface area (Å²) in [5.41, 5.74) is 0.963. The van der Waals surface area contributed by atoms with Crippen LogP contribution in [-0.4, -0.2) is 23.5 Å². The molecule has 0 aliphatic rings. The molecular weight excluding hydrogens is 338 g/mol. The highest BCUT2D eigenvalue weighted by atomic mass is 16.6. The topological polar surface area (TPSA) is 95.7 Å². The zero-order valence-corrected chi connectivity index (χ0v) is 14.3. The monoisotopic (exact) mass is 357 g/mol. The number of nitro benzene ring substituents is 1. The highest BCUT2D eigenvalue weighted by Gasteiger charge is 2.15. The Morgan fingerprint density at radius 1 is 1.00 bits per heavy atom. The van der Waals surface area contributed by atoms with E-state index in [0.29, 0.717) is 17.7 Å². The number of non-ortho nitro benzene ring substituents is 1. The van der Waals surface area contributed by atoms with Crippen LogP contribution < -0.4 is 0 Å². The van der Waals surface area contributed by atoms with E-state index in [0.717, 1.165) is 12.8 Å². The molecule has 0 atom stereocenters. The van der Waals surface area contributed by atoms with E-state index in [-0.39, 0.29) is 17.9 Å². The minimum absolute atomic E-state index is 0.102. The summed E-state index contributed by atoms with van der Waals surface area (Å²) in [5.74, 6) is -1.09. The number of nitrogens with zero attached hydrogens (tertiary/aromatic N) is 1. The maximum absolute atomic E-state index is 12.1. The first-order valence-electron chi connectivity index (χ1n) is 8.19. The molecule has 136 valence electrons. The highest BCUT2D eigenvalue weighted by molar-refractivity contribution is 5.92. The third-order valence-corrected chi connectivity index (χ3v) is 3.64. The van der Waals surface area contributed by atoms with Gasteiger partial charge in [-0.25, -0.2) is 9.59 Å². The molecule has 26 heavy (non-hydrogen) atoms. The van der Waals surface area contributed by atoms with Gasteiger partial charge in [0.05, 0.1) is 22.7 Å². The van der Waals surface area contributed by atoms with Gasteiger partial charge in [0.25, 0.3) is 5.69 Å². The maximum atomic E-state index is 12.1. The van der Waals surface area contributed by atoms with Crippen LogP contribution in [0, 0.1) is 10.1 Å². The van der Waals surface area contributed by atoms with Gasteiger partial charge in [0, 0.05) is 17.7 Å². The molecule has 2 aromatic carbocycles. The van der Waals surface area contributed by atoms with E-state index in [1.54, 1.807) is 24.3 Å². The Morgan fingerprint density at radius 3 is 2.35 bits per heavy atom. The summed E-state index contributed by atoms with van der Waals surface area (Å²) < 4.78 is 10.4. The molecule has 0 amide bonds. The Labute approximate surface area is 150 Å². The quantitative estimate of drug-likeness (QED) is 0.308. The molecule has 7 heteroatoms. The van der Waals surface area contributed by atoms with Gasteiger partial charge in [-0.05, 0) is 24.6 Å². The lowest BCUT2D eigenvalue weighted by atomic mass is 10.1. The summed E-state index contributed by atoms with van der Waals surface area (Å²) >= 11 is 0. The van der Waals surface area contributed by atoms with Gasteiger partial charge in [-0.3, -0.25) is 10.1 Å². The fourth-order valence-corrected chi connectivity index (χ4v) is 2.18. The molecule has 7 nitrogen and oxygen atoms in total. The molecule has 2 rings (SSSR count). The molecule has 0 unspecified atom stereocenters. The summed E-state index contributed by atoms with van der Waals surface area (Å²) in [5, 5.41) is 10.6. The molecule has 0 aromatic heterocycles. The molecule has 0 N–H and O–H groups in total. The van der Waals surface area contributed by atoms with Crippen molar-refractivity contribution in [3.05, 3.63) is 75.3 Å². The third-order valence-electron chi connectivity index (χ3n) is 3.64. The van der Waals surface area contributed by atoms with Crippen molar-refractivity contribution in [3.63, 3.8) is 0 Å². The van der Waals surface area contributed by atoms with Gasteiger partial charge in [-0.15, -0.1) is 0 Å². The molecule has 0 saturated heterocycles. The van der Waals surface area contributed by atoms with Crippen LogP contribution in [0.25, 0.3) is 0 Å². The summed E-state index contributed by atoms with van der Waals surface area (Å²) in [6.45, 7) is 2.24. The lowest BCUT2D eigenvalue weighted by Gasteiger charge is -2.10. The number of unbranched alkanes of at least 4 members (excludes halogenated alkanes) is 1. The van der Waals surface area contributed by atoms with Crippen molar-refractivity contribution in [2.45, 2.75) is 26.4 Å². The van der Waals surface area contributed by atoms with Gasteiger partial charge in [-0.1, -0.05) is 31.5 Å².